The smallest absolute Gasteiger partial charge is 0.332 e. The third kappa shape index (κ3) is 2.89. The quantitative estimate of drug-likeness (QED) is 0.679. The summed E-state index contributed by atoms with van der Waals surface area (Å²) >= 11 is 0. The van der Waals surface area contributed by atoms with Crippen molar-refractivity contribution in [1.82, 2.24) is 14.1 Å². The van der Waals surface area contributed by atoms with Gasteiger partial charge in [-0.15, -0.1) is 0 Å². The molecule has 0 fully saturated rings. The van der Waals surface area contributed by atoms with E-state index in [0.717, 1.165) is 4.57 Å². The predicted octanol–water partition coefficient (Wildman–Crippen LogP) is 0.332. The van der Waals surface area contributed by atoms with Crippen molar-refractivity contribution in [1.29, 1.82) is 0 Å². The zero-order chi connectivity index (χ0) is 19.2. The SMILES string of the molecule is Cc1cnc2c(c1Nc1ccc(S(N)(=O)=O)cc1)c(=O)n(C)c(=O)n2C. The minimum Gasteiger partial charge on any atom is -0.354 e. The van der Waals surface area contributed by atoms with Crippen molar-refractivity contribution in [3.8, 4) is 0 Å². The topological polar surface area (TPSA) is 129 Å². The van der Waals surface area contributed by atoms with Gasteiger partial charge in [-0.05, 0) is 36.8 Å². The standard InChI is InChI=1S/C16H17N5O4S/c1-9-8-18-14-12(15(22)21(3)16(23)20(14)2)13(9)19-10-4-6-11(7-5-10)26(17,24)25/h4-8H,1-3H3,(H,18,19)(H2,17,24,25). The summed E-state index contributed by atoms with van der Waals surface area (Å²) in [7, 11) is -0.848. The monoisotopic (exact) mass is 375 g/mol. The summed E-state index contributed by atoms with van der Waals surface area (Å²) in [5, 5.41) is 8.47. The first-order chi connectivity index (χ1) is 12.1. The Morgan fingerprint density at radius 1 is 1.08 bits per heavy atom. The number of hydrogen-bond donors (Lipinski definition) is 2. The average Bonchev–Trinajstić information content (AvgIpc) is 2.59. The summed E-state index contributed by atoms with van der Waals surface area (Å²) < 4.78 is 25.0. The van der Waals surface area contributed by atoms with E-state index >= 15 is 0 Å². The third-order valence-corrected chi connectivity index (χ3v) is 5.04. The number of nitrogens with zero attached hydrogens (tertiary/aromatic N) is 3. The van der Waals surface area contributed by atoms with Crippen LogP contribution in [0.3, 0.4) is 0 Å². The van der Waals surface area contributed by atoms with Crippen molar-refractivity contribution in [2.24, 2.45) is 19.2 Å². The maximum absolute atomic E-state index is 12.6. The van der Waals surface area contributed by atoms with Crippen LogP contribution in [0.2, 0.25) is 0 Å². The highest BCUT2D eigenvalue weighted by Crippen LogP contribution is 2.26. The summed E-state index contributed by atoms with van der Waals surface area (Å²) in [6, 6.07) is 5.81. The molecule has 3 rings (SSSR count). The van der Waals surface area contributed by atoms with E-state index in [4.69, 9.17) is 5.14 Å². The highest BCUT2D eigenvalue weighted by atomic mass is 32.2. The Bertz CT molecular complexity index is 1240. The number of sulfonamides is 1. The Morgan fingerprint density at radius 3 is 2.27 bits per heavy atom. The first-order valence-electron chi connectivity index (χ1n) is 7.56. The normalized spacial score (nSPS) is 11.7. The van der Waals surface area contributed by atoms with Crippen LogP contribution in [-0.2, 0) is 24.1 Å². The first kappa shape index (κ1) is 17.8. The number of nitrogens with one attached hydrogen (secondary N) is 1. The Balaban J connectivity index is 2.21. The van der Waals surface area contributed by atoms with Crippen LogP contribution < -0.4 is 21.7 Å². The molecule has 0 aliphatic heterocycles. The molecule has 26 heavy (non-hydrogen) atoms. The number of nitrogens with two attached hydrogens (primary N) is 1. The molecule has 10 heteroatoms. The fourth-order valence-electron chi connectivity index (χ4n) is 2.66. The van der Waals surface area contributed by atoms with Gasteiger partial charge in [0.25, 0.3) is 5.56 Å². The molecular weight excluding hydrogens is 358 g/mol. The van der Waals surface area contributed by atoms with E-state index in [1.54, 1.807) is 13.1 Å². The van der Waals surface area contributed by atoms with Crippen LogP contribution in [0.4, 0.5) is 11.4 Å². The van der Waals surface area contributed by atoms with Crippen LogP contribution in [0.5, 0.6) is 0 Å². The lowest BCUT2D eigenvalue weighted by atomic mass is 10.1. The van der Waals surface area contributed by atoms with Crippen molar-refractivity contribution < 1.29 is 8.42 Å². The molecule has 0 unspecified atom stereocenters. The number of fused-ring (bicyclic) bond motifs is 1. The van der Waals surface area contributed by atoms with Gasteiger partial charge in [0.2, 0.25) is 10.0 Å². The second-order valence-corrected chi connectivity index (χ2v) is 7.48. The van der Waals surface area contributed by atoms with Gasteiger partial charge in [-0.3, -0.25) is 13.9 Å². The van der Waals surface area contributed by atoms with Crippen molar-refractivity contribution >= 4 is 32.4 Å². The Labute approximate surface area is 148 Å². The van der Waals surface area contributed by atoms with E-state index < -0.39 is 21.3 Å². The van der Waals surface area contributed by atoms with Crippen molar-refractivity contribution in [2.75, 3.05) is 5.32 Å². The fourth-order valence-corrected chi connectivity index (χ4v) is 3.17. The molecule has 0 radical (unpaired) electrons. The molecule has 3 N–H and O–H groups in total. The lowest BCUT2D eigenvalue weighted by molar-refractivity contribution is 0.598. The molecule has 1 aromatic carbocycles. The van der Waals surface area contributed by atoms with Crippen LogP contribution in [0.1, 0.15) is 5.56 Å². The number of hydrogen-bond acceptors (Lipinski definition) is 6. The van der Waals surface area contributed by atoms with Gasteiger partial charge < -0.3 is 5.32 Å². The summed E-state index contributed by atoms with van der Waals surface area (Å²) in [6.07, 6.45) is 1.56. The molecule has 0 saturated carbocycles. The van der Waals surface area contributed by atoms with Gasteiger partial charge >= 0.3 is 5.69 Å². The zero-order valence-corrected chi connectivity index (χ0v) is 15.2. The average molecular weight is 375 g/mol. The number of pyridine rings is 1. The number of primary sulfonamides is 1. The lowest BCUT2D eigenvalue weighted by Gasteiger charge is -2.14. The summed E-state index contributed by atoms with van der Waals surface area (Å²) in [6.45, 7) is 1.78. The third-order valence-electron chi connectivity index (χ3n) is 4.11. The second-order valence-electron chi connectivity index (χ2n) is 5.91. The molecule has 9 nitrogen and oxygen atoms in total. The summed E-state index contributed by atoms with van der Waals surface area (Å²) in [4.78, 5) is 28.9. The number of rotatable bonds is 3. The highest BCUT2D eigenvalue weighted by molar-refractivity contribution is 7.89. The van der Waals surface area contributed by atoms with Gasteiger partial charge in [0.05, 0.1) is 10.6 Å². The Kier molecular flexibility index (Phi) is 4.17. The molecule has 136 valence electrons. The predicted molar refractivity (Wildman–Crippen MR) is 98.1 cm³/mol. The van der Waals surface area contributed by atoms with Gasteiger partial charge in [-0.2, -0.15) is 0 Å². The van der Waals surface area contributed by atoms with Crippen LogP contribution in [0, 0.1) is 6.92 Å². The van der Waals surface area contributed by atoms with Gasteiger partial charge in [-0.25, -0.2) is 23.3 Å². The molecule has 2 heterocycles. The van der Waals surface area contributed by atoms with E-state index in [1.165, 1.54) is 42.9 Å². The minimum atomic E-state index is -3.79. The zero-order valence-electron chi connectivity index (χ0n) is 14.3. The van der Waals surface area contributed by atoms with Crippen molar-refractivity contribution in [3.63, 3.8) is 0 Å². The van der Waals surface area contributed by atoms with Crippen LogP contribution in [0.25, 0.3) is 11.0 Å². The minimum absolute atomic E-state index is 0.0160. The summed E-state index contributed by atoms with van der Waals surface area (Å²) in [5.41, 5.74) is 1.07. The lowest BCUT2D eigenvalue weighted by Crippen LogP contribution is -2.37. The van der Waals surface area contributed by atoms with Gasteiger partial charge in [0.1, 0.15) is 5.39 Å². The van der Waals surface area contributed by atoms with E-state index in [9.17, 15) is 18.0 Å². The largest absolute Gasteiger partial charge is 0.354 e. The van der Waals surface area contributed by atoms with Crippen LogP contribution in [0.15, 0.2) is 44.9 Å². The molecule has 2 aromatic heterocycles. The van der Waals surface area contributed by atoms with E-state index in [2.05, 4.69) is 10.3 Å². The summed E-state index contributed by atoms with van der Waals surface area (Å²) in [5.74, 6) is 0. The molecule has 0 aliphatic rings. The highest BCUT2D eigenvalue weighted by Gasteiger charge is 2.16. The van der Waals surface area contributed by atoms with Crippen molar-refractivity contribution in [3.05, 3.63) is 56.9 Å². The van der Waals surface area contributed by atoms with Crippen LogP contribution in [-0.4, -0.2) is 22.5 Å². The number of benzene rings is 1. The molecule has 0 amide bonds. The Morgan fingerprint density at radius 2 is 1.69 bits per heavy atom. The number of aryl methyl sites for hydroxylation is 2. The second kappa shape index (κ2) is 6.07. The fraction of sp³-hybridized carbons (Fsp3) is 0.188. The molecule has 0 atom stereocenters. The van der Waals surface area contributed by atoms with Crippen LogP contribution >= 0.6 is 0 Å². The van der Waals surface area contributed by atoms with E-state index in [0.29, 0.717) is 16.9 Å². The Hall–Kier alpha value is -2.98. The van der Waals surface area contributed by atoms with E-state index in [1.807, 2.05) is 0 Å². The maximum Gasteiger partial charge on any atom is 0.332 e. The van der Waals surface area contributed by atoms with Gasteiger partial charge in [0.15, 0.2) is 5.65 Å². The number of anilines is 2. The van der Waals surface area contributed by atoms with Gasteiger partial charge in [-0.1, -0.05) is 0 Å². The maximum atomic E-state index is 12.6. The molecule has 0 bridgehead atoms. The van der Waals surface area contributed by atoms with Gasteiger partial charge in [0, 0.05) is 26.0 Å². The molecule has 0 saturated heterocycles. The molecule has 0 aliphatic carbocycles. The molecule has 3 aromatic rings. The van der Waals surface area contributed by atoms with Crippen molar-refractivity contribution in [2.45, 2.75) is 11.8 Å². The molecular formula is C16H17N5O4S. The molecule has 0 spiro atoms. The first-order valence-corrected chi connectivity index (χ1v) is 9.11. The number of aromatic nitrogens is 3. The van der Waals surface area contributed by atoms with E-state index in [-0.39, 0.29) is 15.9 Å².